The van der Waals surface area contributed by atoms with Gasteiger partial charge in [-0.2, -0.15) is 0 Å². The van der Waals surface area contributed by atoms with Crippen molar-refractivity contribution in [2.24, 2.45) is 0 Å². The molecule has 0 unspecified atom stereocenters. The summed E-state index contributed by atoms with van der Waals surface area (Å²) < 4.78 is 22.6. The second-order valence-electron chi connectivity index (χ2n) is 4.68. The molecule has 0 fully saturated rings. The Morgan fingerprint density at radius 3 is 2.74 bits per heavy atom. The van der Waals surface area contributed by atoms with E-state index >= 15 is 0 Å². The van der Waals surface area contributed by atoms with E-state index in [1.165, 1.54) is 6.07 Å². The minimum Gasteiger partial charge on any atom is -0.338 e. The van der Waals surface area contributed by atoms with Crippen molar-refractivity contribution >= 4 is 25.6 Å². The number of fused-ring (bicyclic) bond motifs is 1. The molecule has 1 aliphatic heterocycles. The van der Waals surface area contributed by atoms with E-state index in [4.69, 9.17) is 10.7 Å². The number of benzene rings is 1. The first-order valence-electron chi connectivity index (χ1n) is 6.26. The Balaban J connectivity index is 2.26. The SMILES string of the molecule is CCCC(=O)N1CCc2ccc(S(=O)(=O)Cl)cc2C1. The molecular weight excluding hydrogens is 286 g/mol. The van der Waals surface area contributed by atoms with E-state index in [2.05, 4.69) is 0 Å². The molecule has 0 saturated carbocycles. The average molecular weight is 302 g/mol. The van der Waals surface area contributed by atoms with E-state index in [0.29, 0.717) is 19.5 Å². The molecule has 1 amide bonds. The second-order valence-corrected chi connectivity index (χ2v) is 7.25. The van der Waals surface area contributed by atoms with Crippen molar-refractivity contribution in [2.75, 3.05) is 6.54 Å². The summed E-state index contributed by atoms with van der Waals surface area (Å²) in [5.74, 6) is 0.118. The van der Waals surface area contributed by atoms with Gasteiger partial charge in [0.1, 0.15) is 0 Å². The zero-order chi connectivity index (χ0) is 14.0. The first-order valence-corrected chi connectivity index (χ1v) is 8.57. The van der Waals surface area contributed by atoms with Gasteiger partial charge in [0, 0.05) is 30.2 Å². The van der Waals surface area contributed by atoms with E-state index in [1.54, 1.807) is 17.0 Å². The molecule has 19 heavy (non-hydrogen) atoms. The largest absolute Gasteiger partial charge is 0.338 e. The van der Waals surface area contributed by atoms with Crippen LogP contribution in [0.5, 0.6) is 0 Å². The van der Waals surface area contributed by atoms with Gasteiger partial charge in [-0.15, -0.1) is 0 Å². The van der Waals surface area contributed by atoms with Crippen LogP contribution in [0, 0.1) is 0 Å². The summed E-state index contributed by atoms with van der Waals surface area (Å²) in [6.45, 7) is 3.13. The molecule has 0 spiro atoms. The first-order chi connectivity index (χ1) is 8.91. The molecule has 104 valence electrons. The number of amides is 1. The Bertz CT molecular complexity index is 598. The average Bonchev–Trinajstić information content (AvgIpc) is 2.36. The molecule has 0 aromatic heterocycles. The molecule has 1 aliphatic rings. The lowest BCUT2D eigenvalue weighted by atomic mass is 9.99. The Labute approximate surface area is 117 Å². The van der Waals surface area contributed by atoms with E-state index < -0.39 is 9.05 Å². The molecule has 1 heterocycles. The lowest BCUT2D eigenvalue weighted by molar-refractivity contribution is -0.132. The molecule has 0 saturated heterocycles. The fourth-order valence-corrected chi connectivity index (χ4v) is 3.07. The minimum absolute atomic E-state index is 0.0951. The molecule has 0 radical (unpaired) electrons. The van der Waals surface area contributed by atoms with Gasteiger partial charge in [0.05, 0.1) is 4.90 Å². The molecule has 0 atom stereocenters. The number of carbonyl (C=O) groups excluding carboxylic acids is 1. The lowest BCUT2D eigenvalue weighted by Gasteiger charge is -2.29. The maximum Gasteiger partial charge on any atom is 0.261 e. The van der Waals surface area contributed by atoms with Crippen LogP contribution < -0.4 is 0 Å². The molecule has 0 aliphatic carbocycles. The third kappa shape index (κ3) is 3.28. The predicted molar refractivity (Wildman–Crippen MR) is 73.5 cm³/mol. The normalized spacial score (nSPS) is 15.2. The molecule has 1 aromatic rings. The van der Waals surface area contributed by atoms with Gasteiger partial charge < -0.3 is 4.90 Å². The molecule has 0 bridgehead atoms. The highest BCUT2D eigenvalue weighted by molar-refractivity contribution is 8.13. The van der Waals surface area contributed by atoms with Crippen molar-refractivity contribution < 1.29 is 13.2 Å². The van der Waals surface area contributed by atoms with E-state index in [9.17, 15) is 13.2 Å². The standard InChI is InChI=1S/C13H16ClNO3S/c1-2-3-13(16)15-7-6-10-4-5-12(19(14,17)18)8-11(10)9-15/h4-5,8H,2-3,6-7,9H2,1H3. The molecule has 6 heteroatoms. The zero-order valence-corrected chi connectivity index (χ0v) is 12.3. The quantitative estimate of drug-likeness (QED) is 0.805. The van der Waals surface area contributed by atoms with Crippen LogP contribution in [0.1, 0.15) is 30.9 Å². The Kier molecular flexibility index (Phi) is 4.16. The van der Waals surface area contributed by atoms with Gasteiger partial charge in [-0.3, -0.25) is 4.79 Å². The third-order valence-electron chi connectivity index (χ3n) is 3.29. The summed E-state index contributed by atoms with van der Waals surface area (Å²) in [5, 5.41) is 0. The first kappa shape index (κ1) is 14.3. The van der Waals surface area contributed by atoms with Crippen LogP contribution in [-0.2, 0) is 26.8 Å². The van der Waals surface area contributed by atoms with Crippen molar-refractivity contribution in [3.8, 4) is 0 Å². The summed E-state index contributed by atoms with van der Waals surface area (Å²) in [7, 11) is 1.63. The predicted octanol–water partition coefficient (Wildman–Crippen LogP) is 2.30. The van der Waals surface area contributed by atoms with Crippen LogP contribution >= 0.6 is 10.7 Å². The smallest absolute Gasteiger partial charge is 0.261 e. The summed E-state index contributed by atoms with van der Waals surface area (Å²) in [6, 6.07) is 4.87. The highest BCUT2D eigenvalue weighted by atomic mass is 35.7. The van der Waals surface area contributed by atoms with Crippen LogP contribution in [0.4, 0.5) is 0 Å². The Morgan fingerprint density at radius 2 is 2.11 bits per heavy atom. The molecule has 1 aromatic carbocycles. The fourth-order valence-electron chi connectivity index (χ4n) is 2.27. The van der Waals surface area contributed by atoms with Gasteiger partial charge in [-0.1, -0.05) is 13.0 Å². The Hall–Kier alpha value is -1.07. The van der Waals surface area contributed by atoms with Crippen molar-refractivity contribution in [1.29, 1.82) is 0 Å². The van der Waals surface area contributed by atoms with Crippen LogP contribution in [0.2, 0.25) is 0 Å². The number of halogens is 1. The summed E-state index contributed by atoms with van der Waals surface area (Å²) in [5.41, 5.74) is 1.96. The summed E-state index contributed by atoms with van der Waals surface area (Å²) >= 11 is 0. The Morgan fingerprint density at radius 1 is 1.37 bits per heavy atom. The maximum atomic E-state index is 11.9. The van der Waals surface area contributed by atoms with Crippen LogP contribution in [0.3, 0.4) is 0 Å². The van der Waals surface area contributed by atoms with E-state index in [0.717, 1.165) is 24.0 Å². The van der Waals surface area contributed by atoms with Crippen molar-refractivity contribution in [3.05, 3.63) is 29.3 Å². The van der Waals surface area contributed by atoms with E-state index in [-0.39, 0.29) is 10.8 Å². The molecular formula is C13H16ClNO3S. The van der Waals surface area contributed by atoms with Crippen molar-refractivity contribution in [3.63, 3.8) is 0 Å². The fraction of sp³-hybridized carbons (Fsp3) is 0.462. The zero-order valence-electron chi connectivity index (χ0n) is 10.7. The highest BCUT2D eigenvalue weighted by Crippen LogP contribution is 2.24. The monoisotopic (exact) mass is 301 g/mol. The number of hydrogen-bond donors (Lipinski definition) is 0. The third-order valence-corrected chi connectivity index (χ3v) is 4.64. The van der Waals surface area contributed by atoms with Crippen LogP contribution in [0.15, 0.2) is 23.1 Å². The van der Waals surface area contributed by atoms with Gasteiger partial charge >= 0.3 is 0 Å². The summed E-state index contributed by atoms with van der Waals surface area (Å²) in [4.78, 5) is 13.7. The number of hydrogen-bond acceptors (Lipinski definition) is 3. The van der Waals surface area contributed by atoms with Gasteiger partial charge in [0.25, 0.3) is 9.05 Å². The summed E-state index contributed by atoms with van der Waals surface area (Å²) in [6.07, 6.45) is 2.11. The minimum atomic E-state index is -3.72. The molecule has 2 rings (SSSR count). The number of rotatable bonds is 3. The van der Waals surface area contributed by atoms with Gasteiger partial charge in [-0.25, -0.2) is 8.42 Å². The molecule has 0 N–H and O–H groups in total. The number of nitrogens with zero attached hydrogens (tertiary/aromatic N) is 1. The second kappa shape index (κ2) is 5.51. The van der Waals surface area contributed by atoms with E-state index in [1.807, 2.05) is 6.92 Å². The van der Waals surface area contributed by atoms with Crippen LogP contribution in [-0.4, -0.2) is 25.8 Å². The van der Waals surface area contributed by atoms with Crippen molar-refractivity contribution in [2.45, 2.75) is 37.6 Å². The van der Waals surface area contributed by atoms with Crippen LogP contribution in [0.25, 0.3) is 0 Å². The van der Waals surface area contributed by atoms with Gasteiger partial charge in [-0.05, 0) is 36.1 Å². The van der Waals surface area contributed by atoms with Gasteiger partial charge in [0.15, 0.2) is 0 Å². The van der Waals surface area contributed by atoms with Gasteiger partial charge in [0.2, 0.25) is 5.91 Å². The number of carbonyl (C=O) groups is 1. The maximum absolute atomic E-state index is 11.9. The highest BCUT2D eigenvalue weighted by Gasteiger charge is 2.21. The topological polar surface area (TPSA) is 54.5 Å². The molecule has 4 nitrogen and oxygen atoms in total. The lowest BCUT2D eigenvalue weighted by Crippen LogP contribution is -2.35. The van der Waals surface area contributed by atoms with Crippen molar-refractivity contribution in [1.82, 2.24) is 4.90 Å².